The fourth-order valence-corrected chi connectivity index (χ4v) is 4.21. The Kier molecular flexibility index (Phi) is 3.53. The number of fused-ring (bicyclic) bond motifs is 1. The zero-order chi connectivity index (χ0) is 13.4. The van der Waals surface area contributed by atoms with Gasteiger partial charge in [-0.3, -0.25) is 0 Å². The molecule has 2 fully saturated rings. The second-order valence-electron chi connectivity index (χ2n) is 6.25. The van der Waals surface area contributed by atoms with Gasteiger partial charge in [0, 0.05) is 6.04 Å². The molecule has 1 aromatic rings. The lowest BCUT2D eigenvalue weighted by molar-refractivity contribution is 0.393. The molecule has 3 atom stereocenters. The molecule has 1 aromatic carbocycles. The van der Waals surface area contributed by atoms with Crippen LogP contribution in [0.1, 0.15) is 30.4 Å². The first-order valence-corrected chi connectivity index (χ1v) is 7.55. The lowest BCUT2D eigenvalue weighted by Gasteiger charge is -2.20. The van der Waals surface area contributed by atoms with Crippen LogP contribution in [0.3, 0.4) is 0 Å². The van der Waals surface area contributed by atoms with E-state index in [2.05, 4.69) is 37.5 Å². The van der Waals surface area contributed by atoms with Gasteiger partial charge in [0.15, 0.2) is 0 Å². The molecular formula is C17H25NO. The average molecular weight is 259 g/mol. The van der Waals surface area contributed by atoms with Crippen molar-refractivity contribution in [2.75, 3.05) is 14.2 Å². The van der Waals surface area contributed by atoms with E-state index in [1.165, 1.54) is 30.4 Å². The Hall–Kier alpha value is -1.02. The van der Waals surface area contributed by atoms with Crippen LogP contribution in [0.5, 0.6) is 5.75 Å². The van der Waals surface area contributed by atoms with E-state index in [9.17, 15) is 0 Å². The van der Waals surface area contributed by atoms with Gasteiger partial charge in [-0.15, -0.1) is 0 Å². The molecule has 2 aliphatic rings. The molecule has 2 heteroatoms. The Morgan fingerprint density at radius 1 is 1.32 bits per heavy atom. The molecule has 3 unspecified atom stereocenters. The third kappa shape index (κ3) is 2.38. The molecule has 19 heavy (non-hydrogen) atoms. The van der Waals surface area contributed by atoms with Crippen LogP contribution in [0.4, 0.5) is 0 Å². The quantitative estimate of drug-likeness (QED) is 0.877. The molecule has 0 amide bonds. The summed E-state index contributed by atoms with van der Waals surface area (Å²) in [6, 6.07) is 7.13. The first-order chi connectivity index (χ1) is 9.24. The number of hydrogen-bond donors (Lipinski definition) is 1. The Labute approximate surface area is 116 Å². The minimum atomic E-state index is 0.617. The van der Waals surface area contributed by atoms with Gasteiger partial charge in [-0.05, 0) is 62.6 Å². The lowest BCUT2D eigenvalue weighted by Crippen LogP contribution is -2.31. The second kappa shape index (κ2) is 5.16. The van der Waals surface area contributed by atoms with E-state index in [0.717, 1.165) is 29.9 Å². The van der Waals surface area contributed by atoms with Gasteiger partial charge in [0.25, 0.3) is 0 Å². The first-order valence-electron chi connectivity index (χ1n) is 7.55. The summed E-state index contributed by atoms with van der Waals surface area (Å²) in [5, 5.41) is 3.56. The summed E-state index contributed by atoms with van der Waals surface area (Å²) in [5.74, 6) is 3.96. The highest BCUT2D eigenvalue weighted by Crippen LogP contribution is 2.59. The molecule has 1 N–H and O–H groups in total. The molecule has 104 valence electrons. The summed E-state index contributed by atoms with van der Waals surface area (Å²) in [5.41, 5.74) is 2.67. The van der Waals surface area contributed by atoms with Gasteiger partial charge in [-0.1, -0.05) is 24.1 Å². The minimum absolute atomic E-state index is 0.617. The maximum absolute atomic E-state index is 5.51. The van der Waals surface area contributed by atoms with Gasteiger partial charge in [0.05, 0.1) is 7.11 Å². The van der Waals surface area contributed by atoms with E-state index in [-0.39, 0.29) is 0 Å². The summed E-state index contributed by atoms with van der Waals surface area (Å²) < 4.78 is 5.51. The van der Waals surface area contributed by atoms with E-state index in [4.69, 9.17) is 4.74 Å². The molecule has 0 saturated heterocycles. The summed E-state index contributed by atoms with van der Waals surface area (Å²) in [6.45, 7) is 2.16. The van der Waals surface area contributed by atoms with Gasteiger partial charge in [0.2, 0.25) is 0 Å². The maximum atomic E-state index is 5.51. The lowest BCUT2D eigenvalue weighted by atomic mass is 9.96. The number of rotatable bonds is 5. The largest absolute Gasteiger partial charge is 0.496 e. The highest BCUT2D eigenvalue weighted by molar-refractivity contribution is 5.37. The maximum Gasteiger partial charge on any atom is 0.122 e. The monoisotopic (exact) mass is 259 g/mol. The van der Waals surface area contributed by atoms with E-state index in [0.29, 0.717) is 6.04 Å². The Morgan fingerprint density at radius 3 is 2.68 bits per heavy atom. The van der Waals surface area contributed by atoms with Crippen LogP contribution in [0.15, 0.2) is 18.2 Å². The molecule has 0 bridgehead atoms. The van der Waals surface area contributed by atoms with Crippen LogP contribution in [0, 0.1) is 24.7 Å². The summed E-state index contributed by atoms with van der Waals surface area (Å²) in [7, 11) is 3.88. The third-order valence-corrected chi connectivity index (χ3v) is 5.18. The molecule has 2 saturated carbocycles. The van der Waals surface area contributed by atoms with Gasteiger partial charge in [-0.25, -0.2) is 0 Å². The molecule has 2 aliphatic carbocycles. The highest BCUT2D eigenvalue weighted by atomic mass is 16.5. The molecule has 2 nitrogen and oxygen atoms in total. The smallest absolute Gasteiger partial charge is 0.122 e. The van der Waals surface area contributed by atoms with E-state index in [1.807, 2.05) is 0 Å². The molecule has 0 spiro atoms. The van der Waals surface area contributed by atoms with Gasteiger partial charge < -0.3 is 10.1 Å². The third-order valence-electron chi connectivity index (χ3n) is 5.18. The molecule has 3 rings (SSSR count). The molecule has 0 aliphatic heterocycles. The second-order valence-corrected chi connectivity index (χ2v) is 6.25. The van der Waals surface area contributed by atoms with Crippen LogP contribution >= 0.6 is 0 Å². The normalized spacial score (nSPS) is 29.9. The molecule has 0 radical (unpaired) electrons. The topological polar surface area (TPSA) is 21.3 Å². The first kappa shape index (κ1) is 13.0. The molecule has 0 heterocycles. The number of hydrogen-bond acceptors (Lipinski definition) is 2. The van der Waals surface area contributed by atoms with Crippen LogP contribution in [0.25, 0.3) is 0 Å². The molecular weight excluding hydrogens is 234 g/mol. The highest BCUT2D eigenvalue weighted by Gasteiger charge is 2.55. The van der Waals surface area contributed by atoms with E-state index in [1.54, 1.807) is 7.11 Å². The Bertz CT molecular complexity index is 447. The summed E-state index contributed by atoms with van der Waals surface area (Å²) in [6.07, 6.45) is 5.46. The van der Waals surface area contributed by atoms with Crippen molar-refractivity contribution in [2.24, 2.45) is 17.8 Å². The fourth-order valence-electron chi connectivity index (χ4n) is 4.21. The number of nitrogens with one attached hydrogen (secondary N) is 1. The Morgan fingerprint density at radius 2 is 2.05 bits per heavy atom. The zero-order valence-corrected chi connectivity index (χ0v) is 12.3. The van der Waals surface area contributed by atoms with Gasteiger partial charge in [-0.2, -0.15) is 0 Å². The standard InChI is InChI=1S/C17H25NO/c1-11-7-8-16(19-3)12(9-11)10-15(18-2)17-13-5-4-6-14(13)17/h7-9,13-15,17-18H,4-6,10H2,1-3H3. The van der Waals surface area contributed by atoms with E-state index < -0.39 is 0 Å². The average Bonchev–Trinajstić information content (AvgIpc) is 2.88. The van der Waals surface area contributed by atoms with Gasteiger partial charge >= 0.3 is 0 Å². The predicted octanol–water partition coefficient (Wildman–Crippen LogP) is 3.18. The van der Waals surface area contributed by atoms with Crippen LogP contribution in [-0.4, -0.2) is 20.2 Å². The number of benzene rings is 1. The number of ether oxygens (including phenoxy) is 1. The van der Waals surface area contributed by atoms with E-state index >= 15 is 0 Å². The van der Waals surface area contributed by atoms with Crippen molar-refractivity contribution in [3.8, 4) is 5.75 Å². The fraction of sp³-hybridized carbons (Fsp3) is 0.647. The molecule has 0 aromatic heterocycles. The summed E-state index contributed by atoms with van der Waals surface area (Å²) in [4.78, 5) is 0. The van der Waals surface area contributed by atoms with Crippen LogP contribution < -0.4 is 10.1 Å². The zero-order valence-electron chi connectivity index (χ0n) is 12.3. The van der Waals surface area contributed by atoms with Crippen molar-refractivity contribution in [1.29, 1.82) is 0 Å². The van der Waals surface area contributed by atoms with Gasteiger partial charge in [0.1, 0.15) is 5.75 Å². The predicted molar refractivity (Wildman–Crippen MR) is 78.6 cm³/mol. The summed E-state index contributed by atoms with van der Waals surface area (Å²) >= 11 is 0. The van der Waals surface area contributed by atoms with Crippen molar-refractivity contribution >= 4 is 0 Å². The number of methoxy groups -OCH3 is 1. The van der Waals surface area contributed by atoms with Crippen molar-refractivity contribution < 1.29 is 4.74 Å². The SMILES string of the molecule is CNC(Cc1cc(C)ccc1OC)C1C2CCCC21. The van der Waals surface area contributed by atoms with Crippen LogP contribution in [0.2, 0.25) is 0 Å². The number of likely N-dealkylation sites (N-methyl/N-ethyl adjacent to an activating group) is 1. The minimum Gasteiger partial charge on any atom is -0.496 e. The van der Waals surface area contributed by atoms with Crippen molar-refractivity contribution in [1.82, 2.24) is 5.32 Å². The van der Waals surface area contributed by atoms with Crippen molar-refractivity contribution in [2.45, 2.75) is 38.6 Å². The van der Waals surface area contributed by atoms with Crippen molar-refractivity contribution in [3.05, 3.63) is 29.3 Å². The van der Waals surface area contributed by atoms with Crippen molar-refractivity contribution in [3.63, 3.8) is 0 Å². The van der Waals surface area contributed by atoms with Crippen LogP contribution in [-0.2, 0) is 6.42 Å². The Balaban J connectivity index is 1.74. The number of aryl methyl sites for hydroxylation is 1.